The van der Waals surface area contributed by atoms with Crippen LogP contribution in [0.15, 0.2) is 35.3 Å². The predicted octanol–water partition coefficient (Wildman–Crippen LogP) is 3.63. The molecule has 1 N–H and O–H groups in total. The summed E-state index contributed by atoms with van der Waals surface area (Å²) >= 11 is 0. The summed E-state index contributed by atoms with van der Waals surface area (Å²) in [5.41, 5.74) is 0. The molecule has 30 heavy (non-hydrogen) atoms. The molecule has 2 aliphatic heterocycles. The van der Waals surface area contributed by atoms with E-state index in [1.54, 1.807) is 0 Å². The average Bonchev–Trinajstić information content (AvgIpc) is 2.98. The van der Waals surface area contributed by atoms with Gasteiger partial charge in [0.2, 0.25) is 0 Å². The number of nitrogens with one attached hydrogen (secondary N) is 1. The molecule has 1 fully saturated rings. The summed E-state index contributed by atoms with van der Waals surface area (Å²) in [5.74, 6) is 4.03. The quantitative estimate of drug-likeness (QED) is 0.368. The fraction of sp³-hybridized carbons (Fsp3) is 0.591. The number of benzene rings is 1. The lowest BCUT2D eigenvalue weighted by Crippen LogP contribution is -2.47. The van der Waals surface area contributed by atoms with E-state index in [9.17, 15) is 0 Å². The van der Waals surface area contributed by atoms with Crippen LogP contribution in [0.2, 0.25) is 0 Å². The molecule has 0 amide bonds. The molecule has 8 heteroatoms. The third-order valence-corrected chi connectivity index (χ3v) is 5.68. The SMILES string of the molecule is CCNC(=NCc1nnc2n1CCCCC2)N1CCC(Oc2ccccc2)CC1.I. The number of ether oxygens (including phenoxy) is 1. The topological polar surface area (TPSA) is 67.6 Å². The number of piperidine rings is 1. The first-order valence-corrected chi connectivity index (χ1v) is 11.0. The zero-order chi connectivity index (χ0) is 19.9. The minimum atomic E-state index is 0. The number of hydrogen-bond donors (Lipinski definition) is 1. The van der Waals surface area contributed by atoms with E-state index in [4.69, 9.17) is 9.73 Å². The Morgan fingerprint density at radius 2 is 1.90 bits per heavy atom. The van der Waals surface area contributed by atoms with Gasteiger partial charge in [-0.2, -0.15) is 0 Å². The van der Waals surface area contributed by atoms with Crippen LogP contribution >= 0.6 is 24.0 Å². The molecule has 0 spiro atoms. The normalized spacial score (nSPS) is 17.6. The van der Waals surface area contributed by atoms with Crippen LogP contribution < -0.4 is 10.1 Å². The Hall–Kier alpha value is -1.84. The number of hydrogen-bond acceptors (Lipinski definition) is 4. The highest BCUT2D eigenvalue weighted by Gasteiger charge is 2.23. The summed E-state index contributed by atoms with van der Waals surface area (Å²) in [5, 5.41) is 12.3. The largest absolute Gasteiger partial charge is 0.490 e. The van der Waals surface area contributed by atoms with Gasteiger partial charge in [0, 0.05) is 45.4 Å². The van der Waals surface area contributed by atoms with Gasteiger partial charge in [0.15, 0.2) is 11.8 Å². The number of para-hydroxylation sites is 1. The number of aromatic nitrogens is 3. The van der Waals surface area contributed by atoms with E-state index in [1.807, 2.05) is 30.3 Å². The molecule has 1 aromatic heterocycles. The van der Waals surface area contributed by atoms with Crippen molar-refractivity contribution in [3.05, 3.63) is 42.0 Å². The van der Waals surface area contributed by atoms with Crippen molar-refractivity contribution in [2.24, 2.45) is 4.99 Å². The van der Waals surface area contributed by atoms with Gasteiger partial charge in [-0.1, -0.05) is 24.6 Å². The van der Waals surface area contributed by atoms with Crippen molar-refractivity contribution in [2.45, 2.75) is 64.6 Å². The van der Waals surface area contributed by atoms with Gasteiger partial charge in [-0.25, -0.2) is 4.99 Å². The summed E-state index contributed by atoms with van der Waals surface area (Å²) in [6.45, 7) is 6.46. The van der Waals surface area contributed by atoms with E-state index in [0.717, 1.165) is 68.8 Å². The lowest BCUT2D eigenvalue weighted by Gasteiger charge is -2.34. The van der Waals surface area contributed by atoms with E-state index in [2.05, 4.69) is 31.9 Å². The number of rotatable bonds is 5. The van der Waals surface area contributed by atoms with E-state index in [-0.39, 0.29) is 30.1 Å². The number of aryl methyl sites for hydroxylation is 1. The minimum absolute atomic E-state index is 0. The lowest BCUT2D eigenvalue weighted by atomic mass is 10.1. The molecule has 3 heterocycles. The Morgan fingerprint density at radius 3 is 2.67 bits per heavy atom. The standard InChI is InChI=1S/C22H32N6O.HI/c1-2-23-22(24-17-21-26-25-20-11-7-4-8-14-28(20)21)27-15-12-19(13-16-27)29-18-9-5-3-6-10-18;/h3,5-6,9-10,19H,2,4,7-8,11-17H2,1H3,(H,23,24);1H. The van der Waals surface area contributed by atoms with Crippen LogP contribution in [0.4, 0.5) is 0 Å². The van der Waals surface area contributed by atoms with E-state index >= 15 is 0 Å². The maximum Gasteiger partial charge on any atom is 0.194 e. The van der Waals surface area contributed by atoms with Crippen molar-refractivity contribution >= 4 is 29.9 Å². The summed E-state index contributed by atoms with van der Waals surface area (Å²) in [6.07, 6.45) is 6.99. The molecule has 0 radical (unpaired) electrons. The van der Waals surface area contributed by atoms with E-state index < -0.39 is 0 Å². The highest BCUT2D eigenvalue weighted by Crippen LogP contribution is 2.19. The van der Waals surface area contributed by atoms with Gasteiger partial charge in [-0.3, -0.25) is 0 Å². The first kappa shape index (κ1) is 22.8. The molecular weight excluding hydrogens is 491 g/mol. The number of guanidine groups is 1. The molecule has 0 saturated carbocycles. The van der Waals surface area contributed by atoms with Gasteiger partial charge in [-0.15, -0.1) is 34.2 Å². The predicted molar refractivity (Wildman–Crippen MR) is 129 cm³/mol. The van der Waals surface area contributed by atoms with Crippen molar-refractivity contribution in [3.8, 4) is 5.75 Å². The molecular formula is C22H33IN6O. The van der Waals surface area contributed by atoms with Crippen LogP contribution in [0.1, 0.15) is 50.7 Å². The van der Waals surface area contributed by atoms with Gasteiger partial charge >= 0.3 is 0 Å². The fourth-order valence-electron chi connectivity index (χ4n) is 4.11. The first-order chi connectivity index (χ1) is 14.3. The third-order valence-electron chi connectivity index (χ3n) is 5.68. The number of nitrogens with zero attached hydrogens (tertiary/aromatic N) is 5. The smallest absolute Gasteiger partial charge is 0.194 e. The zero-order valence-electron chi connectivity index (χ0n) is 17.8. The third kappa shape index (κ3) is 5.86. The van der Waals surface area contributed by atoms with Gasteiger partial charge < -0.3 is 19.5 Å². The van der Waals surface area contributed by atoms with Crippen molar-refractivity contribution in [1.82, 2.24) is 25.0 Å². The van der Waals surface area contributed by atoms with Crippen LogP contribution in [0.3, 0.4) is 0 Å². The molecule has 2 aliphatic rings. The van der Waals surface area contributed by atoms with Crippen LogP contribution in [-0.4, -0.2) is 51.4 Å². The Labute approximate surface area is 196 Å². The molecule has 4 rings (SSSR count). The van der Waals surface area contributed by atoms with Crippen LogP contribution in [0.5, 0.6) is 5.75 Å². The van der Waals surface area contributed by atoms with Crippen molar-refractivity contribution in [2.75, 3.05) is 19.6 Å². The molecule has 0 atom stereocenters. The van der Waals surface area contributed by atoms with E-state index in [1.165, 1.54) is 19.3 Å². The Kier molecular flexibility index (Phi) is 8.77. The molecule has 1 saturated heterocycles. The number of fused-ring (bicyclic) bond motifs is 1. The fourth-order valence-corrected chi connectivity index (χ4v) is 4.11. The number of aliphatic imine (C=N–C) groups is 1. The zero-order valence-corrected chi connectivity index (χ0v) is 20.1. The molecule has 1 aromatic carbocycles. The summed E-state index contributed by atoms with van der Waals surface area (Å²) in [4.78, 5) is 7.24. The minimum Gasteiger partial charge on any atom is -0.490 e. The Morgan fingerprint density at radius 1 is 1.10 bits per heavy atom. The van der Waals surface area contributed by atoms with Crippen LogP contribution in [0, 0.1) is 0 Å². The second-order valence-corrected chi connectivity index (χ2v) is 7.78. The Balaban J connectivity index is 0.00000256. The number of likely N-dealkylation sites (tertiary alicyclic amines) is 1. The molecule has 7 nitrogen and oxygen atoms in total. The van der Waals surface area contributed by atoms with Crippen molar-refractivity contribution < 1.29 is 4.74 Å². The molecule has 0 unspecified atom stereocenters. The molecule has 164 valence electrons. The van der Waals surface area contributed by atoms with Crippen LogP contribution in [-0.2, 0) is 19.5 Å². The average molecular weight is 524 g/mol. The molecule has 0 bridgehead atoms. The van der Waals surface area contributed by atoms with Gasteiger partial charge in [-0.05, 0) is 31.9 Å². The highest BCUT2D eigenvalue weighted by molar-refractivity contribution is 14.0. The monoisotopic (exact) mass is 524 g/mol. The van der Waals surface area contributed by atoms with Gasteiger partial charge in [0.25, 0.3) is 0 Å². The van der Waals surface area contributed by atoms with Crippen molar-refractivity contribution in [1.29, 1.82) is 0 Å². The van der Waals surface area contributed by atoms with Gasteiger partial charge in [0.1, 0.15) is 24.2 Å². The lowest BCUT2D eigenvalue weighted by molar-refractivity contribution is 0.129. The van der Waals surface area contributed by atoms with E-state index in [0.29, 0.717) is 6.54 Å². The van der Waals surface area contributed by atoms with Crippen molar-refractivity contribution in [3.63, 3.8) is 0 Å². The second kappa shape index (κ2) is 11.5. The Bertz CT molecular complexity index is 801. The molecule has 2 aromatic rings. The summed E-state index contributed by atoms with van der Waals surface area (Å²) in [6, 6.07) is 10.1. The summed E-state index contributed by atoms with van der Waals surface area (Å²) in [7, 11) is 0. The van der Waals surface area contributed by atoms with Gasteiger partial charge in [0.05, 0.1) is 0 Å². The maximum atomic E-state index is 6.13. The number of halogens is 1. The molecule has 0 aliphatic carbocycles. The highest BCUT2D eigenvalue weighted by atomic mass is 127. The maximum absolute atomic E-state index is 6.13. The first-order valence-electron chi connectivity index (χ1n) is 11.0. The van der Waals surface area contributed by atoms with Crippen LogP contribution in [0.25, 0.3) is 0 Å². The second-order valence-electron chi connectivity index (χ2n) is 7.78. The summed E-state index contributed by atoms with van der Waals surface area (Å²) < 4.78 is 8.41.